The zero-order valence-corrected chi connectivity index (χ0v) is 17.5. The summed E-state index contributed by atoms with van der Waals surface area (Å²) in [4.78, 5) is 4.60. The molecule has 0 unspecified atom stereocenters. The van der Waals surface area contributed by atoms with Gasteiger partial charge < -0.3 is 4.90 Å². The molecule has 136 valence electrons. The van der Waals surface area contributed by atoms with E-state index in [9.17, 15) is 8.42 Å². The summed E-state index contributed by atoms with van der Waals surface area (Å²) in [7, 11) is -3.41. The van der Waals surface area contributed by atoms with E-state index in [-0.39, 0.29) is 0 Å². The molecule has 0 saturated carbocycles. The predicted molar refractivity (Wildman–Crippen MR) is 107 cm³/mol. The second-order valence-electron chi connectivity index (χ2n) is 5.76. The van der Waals surface area contributed by atoms with E-state index in [1.54, 1.807) is 12.1 Å². The lowest BCUT2D eigenvalue weighted by molar-refractivity contribution is 0.262. The van der Waals surface area contributed by atoms with Crippen molar-refractivity contribution < 1.29 is 8.42 Å². The summed E-state index contributed by atoms with van der Waals surface area (Å²) in [5.74, 6) is 0. The van der Waals surface area contributed by atoms with Crippen LogP contribution in [0.25, 0.3) is 0 Å². The zero-order valence-electron chi connectivity index (χ0n) is 13.5. The van der Waals surface area contributed by atoms with Crippen LogP contribution in [0.3, 0.4) is 0 Å². The minimum Gasteiger partial charge on any atom is -0.369 e. The second-order valence-corrected chi connectivity index (χ2v) is 10.7. The van der Waals surface area contributed by atoms with Crippen LogP contribution in [-0.4, -0.2) is 52.6 Å². The Morgan fingerprint density at radius 3 is 2.36 bits per heavy atom. The Kier molecular flexibility index (Phi) is 6.40. The molecule has 0 spiro atoms. The quantitative estimate of drug-likeness (QED) is 0.713. The van der Waals surface area contributed by atoms with E-state index in [2.05, 4.69) is 30.5 Å². The maximum atomic E-state index is 12.2. The third-order valence-electron chi connectivity index (χ3n) is 4.10. The molecule has 1 aliphatic rings. The third kappa shape index (κ3) is 5.18. The molecule has 1 fully saturated rings. The van der Waals surface area contributed by atoms with Crippen molar-refractivity contribution in [2.45, 2.75) is 4.21 Å². The van der Waals surface area contributed by atoms with E-state index in [0.29, 0.717) is 17.3 Å². The summed E-state index contributed by atoms with van der Waals surface area (Å²) in [5, 5.41) is 0.743. The number of rotatable bonds is 6. The highest BCUT2D eigenvalue weighted by atomic mass is 79.9. The topological polar surface area (TPSA) is 52.7 Å². The summed E-state index contributed by atoms with van der Waals surface area (Å²) in [6.45, 7) is 4.79. The van der Waals surface area contributed by atoms with Gasteiger partial charge in [0, 0.05) is 50.0 Å². The van der Waals surface area contributed by atoms with Crippen molar-refractivity contribution in [2.24, 2.45) is 0 Å². The molecule has 1 N–H and O–H groups in total. The Morgan fingerprint density at radius 1 is 1.08 bits per heavy atom. The molecule has 2 aromatic rings. The molecule has 0 radical (unpaired) electrons. The molecule has 5 nitrogen and oxygen atoms in total. The van der Waals surface area contributed by atoms with Gasteiger partial charge in [-0.1, -0.05) is 11.6 Å². The number of nitrogens with one attached hydrogen (secondary N) is 1. The Bertz CT molecular complexity index is 803. The van der Waals surface area contributed by atoms with Crippen molar-refractivity contribution in [2.75, 3.05) is 44.2 Å². The third-order valence-corrected chi connectivity index (χ3v) is 7.93. The number of thiophene rings is 1. The van der Waals surface area contributed by atoms with Gasteiger partial charge in [0.25, 0.3) is 0 Å². The first-order chi connectivity index (χ1) is 11.9. The Hall–Kier alpha value is -0.640. The number of sulfonamides is 1. The number of hydrogen-bond donors (Lipinski definition) is 1. The van der Waals surface area contributed by atoms with Gasteiger partial charge in [-0.2, -0.15) is 0 Å². The Balaban J connectivity index is 1.44. The second kappa shape index (κ2) is 8.37. The van der Waals surface area contributed by atoms with Crippen LogP contribution in [0.2, 0.25) is 5.02 Å². The Labute approximate surface area is 165 Å². The first-order valence-corrected chi connectivity index (χ1v) is 11.4. The lowest BCUT2D eigenvalue weighted by atomic mass is 10.2. The maximum Gasteiger partial charge on any atom is 0.250 e. The van der Waals surface area contributed by atoms with E-state index in [0.717, 1.165) is 35.0 Å². The van der Waals surface area contributed by atoms with Gasteiger partial charge >= 0.3 is 0 Å². The molecular formula is C16H19BrClN3O2S2. The smallest absolute Gasteiger partial charge is 0.250 e. The van der Waals surface area contributed by atoms with E-state index in [1.165, 1.54) is 17.0 Å². The van der Waals surface area contributed by atoms with Gasteiger partial charge in [0.1, 0.15) is 4.21 Å². The van der Waals surface area contributed by atoms with Crippen molar-refractivity contribution in [1.82, 2.24) is 9.62 Å². The molecule has 0 amide bonds. The summed E-state index contributed by atoms with van der Waals surface area (Å²) in [6.07, 6.45) is 0. The summed E-state index contributed by atoms with van der Waals surface area (Å²) in [5.41, 5.74) is 1.17. The summed E-state index contributed by atoms with van der Waals surface area (Å²) in [6, 6.07) is 11.2. The van der Waals surface area contributed by atoms with Crippen LogP contribution in [0.15, 0.2) is 44.4 Å². The lowest BCUT2D eigenvalue weighted by Gasteiger charge is -2.36. The van der Waals surface area contributed by atoms with Gasteiger partial charge in [0.15, 0.2) is 0 Å². The van der Waals surface area contributed by atoms with Gasteiger partial charge in [-0.05, 0) is 52.3 Å². The van der Waals surface area contributed by atoms with Gasteiger partial charge in [0.2, 0.25) is 10.0 Å². The monoisotopic (exact) mass is 463 g/mol. The van der Waals surface area contributed by atoms with Crippen LogP contribution >= 0.6 is 38.9 Å². The first kappa shape index (κ1) is 19.1. The van der Waals surface area contributed by atoms with Crippen LogP contribution in [0, 0.1) is 0 Å². The van der Waals surface area contributed by atoms with E-state index < -0.39 is 10.0 Å². The molecule has 25 heavy (non-hydrogen) atoms. The van der Waals surface area contributed by atoms with Crippen LogP contribution in [-0.2, 0) is 10.0 Å². The highest BCUT2D eigenvalue weighted by Gasteiger charge is 2.19. The molecule has 0 atom stereocenters. The van der Waals surface area contributed by atoms with Gasteiger partial charge in [-0.15, -0.1) is 11.3 Å². The van der Waals surface area contributed by atoms with Crippen LogP contribution in [0.5, 0.6) is 0 Å². The minimum absolute atomic E-state index is 0.340. The van der Waals surface area contributed by atoms with Crippen LogP contribution in [0.4, 0.5) is 5.69 Å². The van der Waals surface area contributed by atoms with Gasteiger partial charge in [-0.3, -0.25) is 4.90 Å². The van der Waals surface area contributed by atoms with Crippen molar-refractivity contribution in [3.8, 4) is 0 Å². The number of benzene rings is 1. The molecule has 1 saturated heterocycles. The van der Waals surface area contributed by atoms with Crippen molar-refractivity contribution in [3.05, 3.63) is 45.2 Å². The molecule has 3 rings (SSSR count). The molecule has 2 heterocycles. The summed E-state index contributed by atoms with van der Waals surface area (Å²) >= 11 is 10.4. The molecular weight excluding hydrogens is 446 g/mol. The van der Waals surface area contributed by atoms with E-state index >= 15 is 0 Å². The fraction of sp³-hybridized carbons (Fsp3) is 0.375. The Morgan fingerprint density at radius 2 is 1.76 bits per heavy atom. The van der Waals surface area contributed by atoms with E-state index in [4.69, 9.17) is 11.6 Å². The highest BCUT2D eigenvalue weighted by Crippen LogP contribution is 2.25. The standard InChI is InChI=1S/C16H19BrClN3O2S2/c17-15-5-6-16(24-15)25(22,23)19-7-8-20-9-11-21(12-10-20)14-3-1-13(18)2-4-14/h1-6,19H,7-12H2. The van der Waals surface area contributed by atoms with Crippen molar-refractivity contribution in [3.63, 3.8) is 0 Å². The average molecular weight is 465 g/mol. The molecule has 1 aromatic carbocycles. The molecule has 0 bridgehead atoms. The highest BCUT2D eigenvalue weighted by molar-refractivity contribution is 9.11. The average Bonchev–Trinajstić information content (AvgIpc) is 3.04. The number of nitrogens with zero attached hydrogens (tertiary/aromatic N) is 2. The first-order valence-electron chi connectivity index (χ1n) is 7.92. The fourth-order valence-corrected chi connectivity index (χ4v) is 5.93. The maximum absolute atomic E-state index is 12.2. The van der Waals surface area contributed by atoms with Crippen molar-refractivity contribution >= 4 is 54.6 Å². The minimum atomic E-state index is -3.41. The zero-order chi connectivity index (χ0) is 17.9. The van der Waals surface area contributed by atoms with Crippen LogP contribution in [0.1, 0.15) is 0 Å². The largest absolute Gasteiger partial charge is 0.369 e. The summed E-state index contributed by atoms with van der Waals surface area (Å²) < 4.78 is 28.2. The van der Waals surface area contributed by atoms with Gasteiger partial charge in [0.05, 0.1) is 3.79 Å². The molecule has 0 aliphatic carbocycles. The number of hydrogen-bond acceptors (Lipinski definition) is 5. The molecule has 9 heteroatoms. The van der Waals surface area contributed by atoms with Crippen molar-refractivity contribution in [1.29, 1.82) is 0 Å². The number of halogens is 2. The number of anilines is 1. The van der Waals surface area contributed by atoms with Crippen LogP contribution < -0.4 is 9.62 Å². The number of piperazine rings is 1. The molecule has 1 aliphatic heterocycles. The normalized spacial score (nSPS) is 16.3. The fourth-order valence-electron chi connectivity index (χ4n) is 2.73. The van der Waals surface area contributed by atoms with E-state index in [1.807, 2.05) is 24.3 Å². The van der Waals surface area contributed by atoms with Gasteiger partial charge in [-0.25, -0.2) is 13.1 Å². The molecule has 1 aromatic heterocycles. The lowest BCUT2D eigenvalue weighted by Crippen LogP contribution is -2.48. The predicted octanol–water partition coefficient (Wildman–Crippen LogP) is 3.26. The SMILES string of the molecule is O=S(=O)(NCCN1CCN(c2ccc(Cl)cc2)CC1)c1ccc(Br)s1.